The summed E-state index contributed by atoms with van der Waals surface area (Å²) >= 11 is 0. The van der Waals surface area contributed by atoms with Gasteiger partial charge in [-0.3, -0.25) is 4.79 Å². The molecule has 0 aromatic heterocycles. The molecule has 0 spiro atoms. The molecule has 0 radical (unpaired) electrons. The lowest BCUT2D eigenvalue weighted by molar-refractivity contribution is -0.140. The lowest BCUT2D eigenvalue weighted by Gasteiger charge is -2.38. The molecule has 1 aliphatic heterocycles. The minimum atomic E-state index is -0.434. The van der Waals surface area contributed by atoms with E-state index in [2.05, 4.69) is 5.32 Å². The van der Waals surface area contributed by atoms with Gasteiger partial charge >= 0.3 is 0 Å². The highest BCUT2D eigenvalue weighted by Crippen LogP contribution is 2.21. The van der Waals surface area contributed by atoms with Crippen molar-refractivity contribution in [2.24, 2.45) is 0 Å². The quantitative estimate of drug-likeness (QED) is 0.713. The van der Waals surface area contributed by atoms with Crippen LogP contribution in [0, 0.1) is 0 Å². The predicted octanol–water partition coefficient (Wildman–Crippen LogP) is 0.358. The summed E-state index contributed by atoms with van der Waals surface area (Å²) in [5.74, 6) is 0.0868. The molecule has 0 saturated carbocycles. The minimum Gasteiger partial charge on any atom is -0.394 e. The number of carbonyl (C=O) groups excluding carboxylic acids is 1. The fourth-order valence-electron chi connectivity index (χ4n) is 1.95. The summed E-state index contributed by atoms with van der Waals surface area (Å²) in [6.45, 7) is 4.72. The molecule has 1 amide bonds. The smallest absolute Gasteiger partial charge is 0.242 e. The largest absolute Gasteiger partial charge is 0.394 e. The average Bonchev–Trinajstić information content (AvgIpc) is 2.27. The first-order chi connectivity index (χ1) is 7.01. The molecule has 4 nitrogen and oxygen atoms in total. The molecule has 0 aliphatic carbocycles. The van der Waals surface area contributed by atoms with E-state index in [0.29, 0.717) is 0 Å². The molecular formula is C11H22N2O2. The second kappa shape index (κ2) is 4.94. The fourth-order valence-corrected chi connectivity index (χ4v) is 1.95. The van der Waals surface area contributed by atoms with Gasteiger partial charge in [-0.25, -0.2) is 0 Å². The lowest BCUT2D eigenvalue weighted by Crippen LogP contribution is -2.59. The highest BCUT2D eigenvalue weighted by molar-refractivity contribution is 5.86. The van der Waals surface area contributed by atoms with Gasteiger partial charge in [-0.05, 0) is 39.7 Å². The monoisotopic (exact) mass is 214 g/mol. The Kier molecular flexibility index (Phi) is 4.11. The first kappa shape index (κ1) is 12.5. The van der Waals surface area contributed by atoms with Crippen LogP contribution in [-0.4, -0.2) is 47.7 Å². The molecule has 2 N–H and O–H groups in total. The van der Waals surface area contributed by atoms with Crippen molar-refractivity contribution >= 4 is 5.91 Å². The summed E-state index contributed by atoms with van der Waals surface area (Å²) < 4.78 is 0. The minimum absolute atomic E-state index is 0.0122. The van der Waals surface area contributed by atoms with Gasteiger partial charge in [-0.1, -0.05) is 0 Å². The Morgan fingerprint density at radius 2 is 2.27 bits per heavy atom. The second-order valence-electron chi connectivity index (χ2n) is 4.66. The third-order valence-corrected chi connectivity index (χ3v) is 3.34. The van der Waals surface area contributed by atoms with E-state index in [4.69, 9.17) is 5.11 Å². The van der Waals surface area contributed by atoms with E-state index in [-0.39, 0.29) is 18.6 Å². The summed E-state index contributed by atoms with van der Waals surface area (Å²) in [6.07, 6.45) is 3.12. The van der Waals surface area contributed by atoms with E-state index >= 15 is 0 Å². The van der Waals surface area contributed by atoms with Crippen LogP contribution in [0.1, 0.15) is 33.1 Å². The standard InChI is InChI=1S/C11H22N2O2/c1-9(8-14)13(3)10(15)11(2)6-4-5-7-12-11/h9,12,14H,4-8H2,1-3H3. The van der Waals surface area contributed by atoms with Gasteiger partial charge in [-0.2, -0.15) is 0 Å². The van der Waals surface area contributed by atoms with Crippen molar-refractivity contribution in [3.63, 3.8) is 0 Å². The summed E-state index contributed by atoms with van der Waals surface area (Å²) in [7, 11) is 1.75. The number of aliphatic hydroxyl groups is 1. The molecule has 1 aliphatic rings. The Morgan fingerprint density at radius 3 is 2.73 bits per heavy atom. The molecular weight excluding hydrogens is 192 g/mol. The van der Waals surface area contributed by atoms with E-state index in [9.17, 15) is 4.79 Å². The number of carbonyl (C=O) groups is 1. The SMILES string of the molecule is CC(CO)N(C)C(=O)C1(C)CCCCN1. The van der Waals surface area contributed by atoms with Gasteiger partial charge in [0.25, 0.3) is 0 Å². The van der Waals surface area contributed by atoms with Gasteiger partial charge in [0.15, 0.2) is 0 Å². The number of likely N-dealkylation sites (N-methyl/N-ethyl adjacent to an activating group) is 1. The first-order valence-corrected chi connectivity index (χ1v) is 5.64. The Bertz CT molecular complexity index is 225. The number of hydrogen-bond donors (Lipinski definition) is 2. The van der Waals surface area contributed by atoms with E-state index < -0.39 is 5.54 Å². The van der Waals surface area contributed by atoms with Crippen molar-refractivity contribution in [3.8, 4) is 0 Å². The van der Waals surface area contributed by atoms with Gasteiger partial charge in [0.2, 0.25) is 5.91 Å². The summed E-state index contributed by atoms with van der Waals surface area (Å²) in [4.78, 5) is 13.8. The van der Waals surface area contributed by atoms with E-state index in [1.807, 2.05) is 13.8 Å². The van der Waals surface area contributed by atoms with Crippen LogP contribution in [0.5, 0.6) is 0 Å². The van der Waals surface area contributed by atoms with Crippen LogP contribution in [0.4, 0.5) is 0 Å². The van der Waals surface area contributed by atoms with Crippen LogP contribution in [0.15, 0.2) is 0 Å². The van der Waals surface area contributed by atoms with Crippen molar-refractivity contribution in [1.82, 2.24) is 10.2 Å². The molecule has 88 valence electrons. The number of amides is 1. The Balaban J connectivity index is 2.65. The molecule has 15 heavy (non-hydrogen) atoms. The van der Waals surface area contributed by atoms with Crippen molar-refractivity contribution in [2.75, 3.05) is 20.2 Å². The zero-order chi connectivity index (χ0) is 11.5. The van der Waals surface area contributed by atoms with Gasteiger partial charge in [0.1, 0.15) is 0 Å². The van der Waals surface area contributed by atoms with Crippen molar-refractivity contribution in [2.45, 2.75) is 44.7 Å². The Morgan fingerprint density at radius 1 is 1.60 bits per heavy atom. The maximum absolute atomic E-state index is 12.2. The van der Waals surface area contributed by atoms with Crippen LogP contribution in [-0.2, 0) is 4.79 Å². The number of nitrogens with zero attached hydrogens (tertiary/aromatic N) is 1. The topological polar surface area (TPSA) is 52.6 Å². The number of aliphatic hydroxyl groups excluding tert-OH is 1. The van der Waals surface area contributed by atoms with Gasteiger partial charge in [0, 0.05) is 7.05 Å². The fraction of sp³-hybridized carbons (Fsp3) is 0.909. The highest BCUT2D eigenvalue weighted by atomic mass is 16.3. The molecule has 1 heterocycles. The van der Waals surface area contributed by atoms with Crippen molar-refractivity contribution in [3.05, 3.63) is 0 Å². The Hall–Kier alpha value is -0.610. The molecule has 1 rings (SSSR count). The number of piperidine rings is 1. The predicted molar refractivity (Wildman–Crippen MR) is 59.6 cm³/mol. The number of rotatable bonds is 3. The molecule has 1 fully saturated rings. The summed E-state index contributed by atoms with van der Waals surface area (Å²) in [6, 6.07) is -0.113. The van der Waals surface area contributed by atoms with Gasteiger partial charge < -0.3 is 15.3 Å². The third-order valence-electron chi connectivity index (χ3n) is 3.34. The number of hydrogen-bond acceptors (Lipinski definition) is 3. The van der Waals surface area contributed by atoms with Crippen molar-refractivity contribution < 1.29 is 9.90 Å². The van der Waals surface area contributed by atoms with Gasteiger partial charge in [0.05, 0.1) is 18.2 Å². The molecule has 0 bridgehead atoms. The maximum atomic E-state index is 12.2. The molecule has 2 atom stereocenters. The highest BCUT2D eigenvalue weighted by Gasteiger charge is 2.37. The lowest BCUT2D eigenvalue weighted by atomic mass is 9.89. The van der Waals surface area contributed by atoms with E-state index in [0.717, 1.165) is 25.8 Å². The molecule has 4 heteroatoms. The second-order valence-corrected chi connectivity index (χ2v) is 4.66. The van der Waals surface area contributed by atoms with Crippen molar-refractivity contribution in [1.29, 1.82) is 0 Å². The molecule has 0 aromatic carbocycles. The van der Waals surface area contributed by atoms with E-state index in [1.165, 1.54) is 0 Å². The van der Waals surface area contributed by atoms with Crippen LogP contribution < -0.4 is 5.32 Å². The summed E-state index contributed by atoms with van der Waals surface area (Å²) in [5, 5.41) is 12.3. The summed E-state index contributed by atoms with van der Waals surface area (Å²) in [5.41, 5.74) is -0.434. The zero-order valence-corrected chi connectivity index (χ0v) is 9.92. The average molecular weight is 214 g/mol. The van der Waals surface area contributed by atoms with Crippen LogP contribution in [0.25, 0.3) is 0 Å². The molecule has 1 saturated heterocycles. The van der Waals surface area contributed by atoms with Crippen LogP contribution >= 0.6 is 0 Å². The zero-order valence-electron chi connectivity index (χ0n) is 9.92. The van der Waals surface area contributed by atoms with Crippen LogP contribution in [0.2, 0.25) is 0 Å². The van der Waals surface area contributed by atoms with Crippen LogP contribution in [0.3, 0.4) is 0 Å². The molecule has 2 unspecified atom stereocenters. The Labute approximate surface area is 91.6 Å². The van der Waals surface area contributed by atoms with E-state index in [1.54, 1.807) is 11.9 Å². The number of nitrogens with one attached hydrogen (secondary N) is 1. The third kappa shape index (κ3) is 2.69. The molecule has 0 aromatic rings. The normalized spacial score (nSPS) is 28.5. The first-order valence-electron chi connectivity index (χ1n) is 5.64. The van der Waals surface area contributed by atoms with Gasteiger partial charge in [-0.15, -0.1) is 0 Å². The maximum Gasteiger partial charge on any atom is 0.242 e.